The van der Waals surface area contributed by atoms with Crippen molar-refractivity contribution in [1.82, 2.24) is 25.3 Å². The number of hydrogen-bond acceptors (Lipinski definition) is 7. The number of likely N-dealkylation sites (N-methyl/N-ethyl adjacent to an activating group) is 1. The Morgan fingerprint density at radius 1 is 1.25 bits per heavy atom. The Labute approximate surface area is 144 Å². The van der Waals surface area contributed by atoms with Crippen molar-refractivity contribution < 1.29 is 4.52 Å². The molecule has 0 aliphatic carbocycles. The lowest BCUT2D eigenvalue weighted by molar-refractivity contribution is 0.190. The van der Waals surface area contributed by atoms with Gasteiger partial charge in [0.05, 0.1) is 11.7 Å². The van der Waals surface area contributed by atoms with Crippen molar-refractivity contribution in [3.8, 4) is 21.3 Å². The molecule has 0 saturated carbocycles. The molecule has 1 fully saturated rings. The first-order valence-corrected chi connectivity index (χ1v) is 8.82. The Hall–Kier alpha value is -2.09. The highest BCUT2D eigenvalue weighted by Gasteiger charge is 2.26. The molecule has 2 aromatic heterocycles. The number of aryl methyl sites for hydroxylation is 1. The SMILES string of the molecule is Cc1nc(-c2ccccc2)sc1-c1nc(C2CNCCN2C)no1. The van der Waals surface area contributed by atoms with Gasteiger partial charge in [-0.3, -0.25) is 4.90 Å². The maximum atomic E-state index is 5.54. The van der Waals surface area contributed by atoms with Crippen LogP contribution in [0.15, 0.2) is 34.9 Å². The molecule has 1 N–H and O–H groups in total. The Morgan fingerprint density at radius 3 is 2.88 bits per heavy atom. The minimum absolute atomic E-state index is 0.151. The van der Waals surface area contributed by atoms with Crippen LogP contribution >= 0.6 is 11.3 Å². The van der Waals surface area contributed by atoms with E-state index < -0.39 is 0 Å². The maximum Gasteiger partial charge on any atom is 0.269 e. The summed E-state index contributed by atoms with van der Waals surface area (Å²) in [5.74, 6) is 1.29. The minimum Gasteiger partial charge on any atom is -0.333 e. The average molecular weight is 341 g/mol. The lowest BCUT2D eigenvalue weighted by atomic mass is 10.2. The summed E-state index contributed by atoms with van der Waals surface area (Å²) in [6.07, 6.45) is 0. The molecule has 4 rings (SSSR count). The van der Waals surface area contributed by atoms with Crippen LogP contribution < -0.4 is 5.32 Å². The van der Waals surface area contributed by atoms with Crippen molar-refractivity contribution in [1.29, 1.82) is 0 Å². The maximum absolute atomic E-state index is 5.54. The van der Waals surface area contributed by atoms with Crippen LogP contribution in [-0.4, -0.2) is 46.7 Å². The molecular formula is C17H19N5OS. The van der Waals surface area contributed by atoms with Crippen molar-refractivity contribution >= 4 is 11.3 Å². The van der Waals surface area contributed by atoms with E-state index in [0.717, 1.165) is 46.6 Å². The van der Waals surface area contributed by atoms with E-state index in [1.54, 1.807) is 11.3 Å². The number of nitrogens with zero attached hydrogens (tertiary/aromatic N) is 4. The summed E-state index contributed by atoms with van der Waals surface area (Å²) < 4.78 is 5.54. The number of piperazine rings is 1. The Bertz CT molecular complexity index is 829. The summed E-state index contributed by atoms with van der Waals surface area (Å²) >= 11 is 1.59. The quantitative estimate of drug-likeness (QED) is 0.790. The lowest BCUT2D eigenvalue weighted by Gasteiger charge is -2.30. The largest absolute Gasteiger partial charge is 0.333 e. The average Bonchev–Trinajstić information content (AvgIpc) is 3.23. The van der Waals surface area contributed by atoms with Gasteiger partial charge in [0.25, 0.3) is 5.89 Å². The van der Waals surface area contributed by atoms with Gasteiger partial charge in [-0.05, 0) is 14.0 Å². The van der Waals surface area contributed by atoms with Gasteiger partial charge in [0.2, 0.25) is 0 Å². The van der Waals surface area contributed by atoms with Gasteiger partial charge < -0.3 is 9.84 Å². The third kappa shape index (κ3) is 2.86. The zero-order valence-electron chi connectivity index (χ0n) is 13.7. The predicted molar refractivity (Wildman–Crippen MR) is 93.8 cm³/mol. The smallest absolute Gasteiger partial charge is 0.269 e. The zero-order valence-corrected chi connectivity index (χ0v) is 14.5. The summed E-state index contributed by atoms with van der Waals surface area (Å²) in [5.41, 5.74) is 2.02. The summed E-state index contributed by atoms with van der Waals surface area (Å²) in [7, 11) is 2.09. The molecule has 1 saturated heterocycles. The molecule has 1 aromatic carbocycles. The van der Waals surface area contributed by atoms with Crippen LogP contribution in [0.25, 0.3) is 21.3 Å². The molecule has 0 bridgehead atoms. The molecule has 6 nitrogen and oxygen atoms in total. The molecule has 1 atom stereocenters. The van der Waals surface area contributed by atoms with Gasteiger partial charge >= 0.3 is 0 Å². The van der Waals surface area contributed by atoms with Crippen molar-refractivity contribution in [2.45, 2.75) is 13.0 Å². The molecule has 3 aromatic rings. The third-order valence-electron chi connectivity index (χ3n) is 4.26. The topological polar surface area (TPSA) is 67.1 Å². The van der Waals surface area contributed by atoms with Crippen LogP contribution in [0.3, 0.4) is 0 Å². The van der Waals surface area contributed by atoms with Crippen LogP contribution in [-0.2, 0) is 0 Å². The monoisotopic (exact) mass is 341 g/mol. The molecule has 0 amide bonds. The van der Waals surface area contributed by atoms with Crippen LogP contribution in [0.5, 0.6) is 0 Å². The van der Waals surface area contributed by atoms with Gasteiger partial charge in [0.15, 0.2) is 5.82 Å². The zero-order chi connectivity index (χ0) is 16.5. The predicted octanol–water partition coefficient (Wildman–Crippen LogP) is 2.74. The number of benzene rings is 1. The van der Waals surface area contributed by atoms with Crippen molar-refractivity contribution in [3.05, 3.63) is 41.9 Å². The van der Waals surface area contributed by atoms with Gasteiger partial charge in [0, 0.05) is 25.2 Å². The minimum atomic E-state index is 0.151. The number of thiazole rings is 1. The van der Waals surface area contributed by atoms with E-state index in [1.807, 2.05) is 25.1 Å². The van der Waals surface area contributed by atoms with Gasteiger partial charge in [-0.15, -0.1) is 11.3 Å². The lowest BCUT2D eigenvalue weighted by Crippen LogP contribution is -2.44. The van der Waals surface area contributed by atoms with Crippen molar-refractivity contribution in [2.24, 2.45) is 0 Å². The molecular weight excluding hydrogens is 322 g/mol. The second-order valence-corrected chi connectivity index (χ2v) is 6.96. The van der Waals surface area contributed by atoms with Crippen LogP contribution in [0, 0.1) is 6.92 Å². The highest BCUT2D eigenvalue weighted by molar-refractivity contribution is 7.18. The fraction of sp³-hybridized carbons (Fsp3) is 0.353. The fourth-order valence-corrected chi connectivity index (χ4v) is 3.85. The second kappa shape index (κ2) is 6.43. The van der Waals surface area contributed by atoms with Gasteiger partial charge in [-0.1, -0.05) is 35.5 Å². The summed E-state index contributed by atoms with van der Waals surface area (Å²) in [6.45, 7) is 4.79. The standard InChI is InChI=1S/C17H19N5OS/c1-11-14(24-17(19-11)12-6-4-3-5-7-12)16-20-15(21-23-16)13-10-18-8-9-22(13)2/h3-7,13,18H,8-10H2,1-2H3. The first-order chi connectivity index (χ1) is 11.7. The van der Waals surface area contributed by atoms with E-state index in [1.165, 1.54) is 0 Å². The summed E-state index contributed by atoms with van der Waals surface area (Å²) in [4.78, 5) is 12.5. The van der Waals surface area contributed by atoms with Crippen molar-refractivity contribution in [2.75, 3.05) is 26.7 Å². The molecule has 0 spiro atoms. The second-order valence-electron chi connectivity index (χ2n) is 5.96. The first kappa shape index (κ1) is 15.4. The summed E-state index contributed by atoms with van der Waals surface area (Å²) in [6, 6.07) is 10.3. The van der Waals surface area contributed by atoms with E-state index in [-0.39, 0.29) is 6.04 Å². The number of aromatic nitrogens is 3. The number of rotatable bonds is 3. The van der Waals surface area contributed by atoms with E-state index >= 15 is 0 Å². The van der Waals surface area contributed by atoms with Gasteiger partial charge in [-0.25, -0.2) is 4.98 Å². The molecule has 0 radical (unpaired) electrons. The fourth-order valence-electron chi connectivity index (χ4n) is 2.86. The van der Waals surface area contributed by atoms with Crippen LogP contribution in [0.1, 0.15) is 17.6 Å². The van der Waals surface area contributed by atoms with E-state index in [2.05, 4.69) is 44.5 Å². The number of nitrogens with one attached hydrogen (secondary N) is 1. The van der Waals surface area contributed by atoms with E-state index in [0.29, 0.717) is 5.89 Å². The third-order valence-corrected chi connectivity index (χ3v) is 5.46. The molecule has 7 heteroatoms. The molecule has 24 heavy (non-hydrogen) atoms. The van der Waals surface area contributed by atoms with Crippen LogP contribution in [0.2, 0.25) is 0 Å². The number of hydrogen-bond donors (Lipinski definition) is 1. The Morgan fingerprint density at radius 2 is 2.08 bits per heavy atom. The molecule has 3 heterocycles. The highest BCUT2D eigenvalue weighted by atomic mass is 32.1. The van der Waals surface area contributed by atoms with Gasteiger partial charge in [-0.2, -0.15) is 4.98 Å². The Balaban J connectivity index is 1.64. The highest BCUT2D eigenvalue weighted by Crippen LogP contribution is 2.34. The van der Waals surface area contributed by atoms with E-state index in [9.17, 15) is 0 Å². The van der Waals surface area contributed by atoms with Crippen LogP contribution in [0.4, 0.5) is 0 Å². The summed E-state index contributed by atoms with van der Waals surface area (Å²) in [5, 5.41) is 8.55. The molecule has 1 aliphatic rings. The molecule has 1 unspecified atom stereocenters. The van der Waals surface area contributed by atoms with Crippen molar-refractivity contribution in [3.63, 3.8) is 0 Å². The first-order valence-electron chi connectivity index (χ1n) is 8.00. The van der Waals surface area contributed by atoms with E-state index in [4.69, 9.17) is 4.52 Å². The molecule has 1 aliphatic heterocycles. The normalized spacial score (nSPS) is 18.8. The Kier molecular flexibility index (Phi) is 4.13. The van der Waals surface area contributed by atoms with Gasteiger partial charge in [0.1, 0.15) is 9.88 Å². The molecule has 124 valence electrons.